The molecule has 0 aromatic heterocycles. The van der Waals surface area contributed by atoms with E-state index in [1.807, 2.05) is 31.2 Å². The maximum atomic E-state index is 13.0. The highest BCUT2D eigenvalue weighted by Gasteiger charge is 2.36. The number of benzene rings is 2. The quantitative estimate of drug-likeness (QED) is 0.797. The molecule has 0 spiro atoms. The average molecular weight is 348 g/mol. The van der Waals surface area contributed by atoms with Crippen LogP contribution in [0.15, 0.2) is 42.5 Å². The minimum atomic E-state index is -0.296. The number of carbonyl (C=O) groups excluding carboxylic acids is 3. The Morgan fingerprint density at radius 1 is 1.04 bits per heavy atom. The van der Waals surface area contributed by atoms with E-state index in [0.717, 1.165) is 30.5 Å². The Bertz CT molecular complexity index is 919. The van der Waals surface area contributed by atoms with E-state index in [2.05, 4.69) is 0 Å². The number of imide groups is 1. The van der Waals surface area contributed by atoms with Gasteiger partial charge in [-0.1, -0.05) is 31.5 Å². The third kappa shape index (κ3) is 2.51. The molecule has 0 N–H and O–H groups in total. The van der Waals surface area contributed by atoms with E-state index in [0.29, 0.717) is 29.8 Å². The van der Waals surface area contributed by atoms with E-state index >= 15 is 0 Å². The SMILES string of the molecule is CCCCN1C(=O)c2ccc(C(=O)N3CCc4ccccc43)cc2C1=O. The summed E-state index contributed by atoms with van der Waals surface area (Å²) in [6, 6.07) is 12.7. The molecular weight excluding hydrogens is 328 g/mol. The first-order chi connectivity index (χ1) is 12.6. The molecule has 0 fully saturated rings. The lowest BCUT2D eigenvalue weighted by Crippen LogP contribution is -2.30. The number of rotatable bonds is 4. The van der Waals surface area contributed by atoms with Crippen LogP contribution in [0, 0.1) is 0 Å². The van der Waals surface area contributed by atoms with Gasteiger partial charge < -0.3 is 4.90 Å². The minimum absolute atomic E-state index is 0.134. The summed E-state index contributed by atoms with van der Waals surface area (Å²) in [6.45, 7) is 3.07. The van der Waals surface area contributed by atoms with Crippen LogP contribution in [0.3, 0.4) is 0 Å². The highest BCUT2D eigenvalue weighted by atomic mass is 16.2. The molecule has 2 aliphatic heterocycles. The van der Waals surface area contributed by atoms with Crippen LogP contribution in [0.25, 0.3) is 0 Å². The summed E-state index contributed by atoms with van der Waals surface area (Å²) in [5, 5.41) is 0. The van der Waals surface area contributed by atoms with Gasteiger partial charge in [0.25, 0.3) is 17.7 Å². The number of hydrogen-bond donors (Lipinski definition) is 0. The molecule has 0 saturated carbocycles. The molecule has 2 aromatic carbocycles. The topological polar surface area (TPSA) is 57.7 Å². The van der Waals surface area contributed by atoms with Crippen LogP contribution in [-0.2, 0) is 6.42 Å². The van der Waals surface area contributed by atoms with Crippen LogP contribution >= 0.6 is 0 Å². The molecule has 0 radical (unpaired) electrons. The van der Waals surface area contributed by atoms with Crippen molar-refractivity contribution in [2.24, 2.45) is 0 Å². The predicted molar refractivity (Wildman–Crippen MR) is 98.5 cm³/mol. The number of unbranched alkanes of at least 4 members (excludes halogenated alkanes) is 1. The normalized spacial score (nSPS) is 15.4. The maximum Gasteiger partial charge on any atom is 0.261 e. The summed E-state index contributed by atoms with van der Waals surface area (Å²) in [6.07, 6.45) is 2.52. The summed E-state index contributed by atoms with van der Waals surface area (Å²) in [7, 11) is 0. The summed E-state index contributed by atoms with van der Waals surface area (Å²) < 4.78 is 0. The first kappa shape index (κ1) is 16.5. The highest BCUT2D eigenvalue weighted by Crippen LogP contribution is 2.30. The largest absolute Gasteiger partial charge is 0.308 e. The Balaban J connectivity index is 1.63. The first-order valence-corrected chi connectivity index (χ1v) is 9.02. The molecule has 0 saturated heterocycles. The molecule has 3 amide bonds. The van der Waals surface area contributed by atoms with Gasteiger partial charge in [0, 0.05) is 24.3 Å². The van der Waals surface area contributed by atoms with Crippen LogP contribution in [0.1, 0.15) is 56.4 Å². The Kier molecular flexibility index (Phi) is 4.07. The summed E-state index contributed by atoms with van der Waals surface area (Å²) in [5.74, 6) is -0.691. The molecule has 0 aliphatic carbocycles. The molecule has 5 nitrogen and oxygen atoms in total. The second-order valence-corrected chi connectivity index (χ2v) is 6.71. The first-order valence-electron chi connectivity index (χ1n) is 9.02. The Morgan fingerprint density at radius 3 is 2.62 bits per heavy atom. The van der Waals surface area contributed by atoms with Gasteiger partial charge in [0.05, 0.1) is 11.1 Å². The van der Waals surface area contributed by atoms with Crippen molar-refractivity contribution in [3.05, 3.63) is 64.7 Å². The Hall–Kier alpha value is -2.95. The van der Waals surface area contributed by atoms with Crippen molar-refractivity contribution >= 4 is 23.4 Å². The minimum Gasteiger partial charge on any atom is -0.308 e. The number of nitrogens with zero attached hydrogens (tertiary/aromatic N) is 2. The molecule has 0 atom stereocenters. The van der Waals surface area contributed by atoms with Gasteiger partial charge in [-0.25, -0.2) is 0 Å². The van der Waals surface area contributed by atoms with Gasteiger partial charge in [0.1, 0.15) is 0 Å². The molecule has 2 aliphatic rings. The standard InChI is InChI=1S/C21H20N2O3/c1-2-3-11-23-20(25)16-9-8-15(13-17(16)21(23)26)19(24)22-12-10-14-6-4-5-7-18(14)22/h4-9,13H,2-3,10-12H2,1H3. The van der Waals surface area contributed by atoms with Crippen LogP contribution in [0.2, 0.25) is 0 Å². The zero-order chi connectivity index (χ0) is 18.3. The van der Waals surface area contributed by atoms with Crippen LogP contribution in [0.5, 0.6) is 0 Å². The van der Waals surface area contributed by atoms with E-state index in [1.54, 1.807) is 23.1 Å². The monoisotopic (exact) mass is 348 g/mol. The number of hydrogen-bond acceptors (Lipinski definition) is 3. The fraction of sp³-hybridized carbons (Fsp3) is 0.286. The molecule has 5 heteroatoms. The number of fused-ring (bicyclic) bond motifs is 2. The van der Waals surface area contributed by atoms with Gasteiger partial charge in [-0.05, 0) is 42.7 Å². The zero-order valence-corrected chi connectivity index (χ0v) is 14.7. The maximum absolute atomic E-state index is 13.0. The fourth-order valence-electron chi connectivity index (χ4n) is 3.65. The molecule has 2 aromatic rings. The van der Waals surface area contributed by atoms with Crippen LogP contribution in [0.4, 0.5) is 5.69 Å². The second-order valence-electron chi connectivity index (χ2n) is 6.71. The van der Waals surface area contributed by atoms with Crippen molar-refractivity contribution in [3.8, 4) is 0 Å². The number of para-hydroxylation sites is 1. The van der Waals surface area contributed by atoms with E-state index < -0.39 is 0 Å². The third-order valence-corrected chi connectivity index (χ3v) is 5.09. The lowest BCUT2D eigenvalue weighted by molar-refractivity contribution is 0.0652. The molecule has 2 heterocycles. The second kappa shape index (κ2) is 6.41. The van der Waals surface area contributed by atoms with Crippen molar-refractivity contribution < 1.29 is 14.4 Å². The molecule has 26 heavy (non-hydrogen) atoms. The lowest BCUT2D eigenvalue weighted by Gasteiger charge is -2.17. The number of amides is 3. The Labute approximate surface area is 152 Å². The molecule has 0 unspecified atom stereocenters. The molecule has 4 rings (SSSR count). The third-order valence-electron chi connectivity index (χ3n) is 5.09. The zero-order valence-electron chi connectivity index (χ0n) is 14.7. The predicted octanol–water partition coefficient (Wildman–Crippen LogP) is 3.29. The number of anilines is 1. The summed E-state index contributed by atoms with van der Waals surface area (Å²) in [4.78, 5) is 41.0. The van der Waals surface area contributed by atoms with Gasteiger partial charge in [-0.3, -0.25) is 19.3 Å². The van der Waals surface area contributed by atoms with Gasteiger partial charge >= 0.3 is 0 Å². The molecular formula is C21H20N2O3. The summed E-state index contributed by atoms with van der Waals surface area (Å²) in [5.41, 5.74) is 3.25. The van der Waals surface area contributed by atoms with Crippen molar-refractivity contribution in [3.63, 3.8) is 0 Å². The molecule has 132 valence electrons. The van der Waals surface area contributed by atoms with Crippen molar-refractivity contribution in [1.82, 2.24) is 4.90 Å². The Morgan fingerprint density at radius 2 is 1.81 bits per heavy atom. The van der Waals surface area contributed by atoms with Crippen LogP contribution in [-0.4, -0.2) is 35.7 Å². The lowest BCUT2D eigenvalue weighted by atomic mass is 10.0. The smallest absolute Gasteiger partial charge is 0.261 e. The average Bonchev–Trinajstić information content (AvgIpc) is 3.20. The van der Waals surface area contributed by atoms with E-state index in [4.69, 9.17) is 0 Å². The number of carbonyl (C=O) groups is 3. The van der Waals surface area contributed by atoms with E-state index in [1.165, 1.54) is 4.90 Å². The highest BCUT2D eigenvalue weighted by molar-refractivity contribution is 6.22. The van der Waals surface area contributed by atoms with Crippen LogP contribution < -0.4 is 4.90 Å². The van der Waals surface area contributed by atoms with E-state index in [-0.39, 0.29) is 17.7 Å². The summed E-state index contributed by atoms with van der Waals surface area (Å²) >= 11 is 0. The fourth-order valence-corrected chi connectivity index (χ4v) is 3.65. The van der Waals surface area contributed by atoms with Crippen molar-refractivity contribution in [2.75, 3.05) is 18.0 Å². The van der Waals surface area contributed by atoms with Gasteiger partial charge in [0.2, 0.25) is 0 Å². The molecule has 0 bridgehead atoms. The van der Waals surface area contributed by atoms with E-state index in [9.17, 15) is 14.4 Å². The van der Waals surface area contributed by atoms with Gasteiger partial charge in [-0.15, -0.1) is 0 Å². The van der Waals surface area contributed by atoms with Crippen molar-refractivity contribution in [2.45, 2.75) is 26.2 Å². The van der Waals surface area contributed by atoms with Gasteiger partial charge in [-0.2, -0.15) is 0 Å². The van der Waals surface area contributed by atoms with Gasteiger partial charge in [0.15, 0.2) is 0 Å². The van der Waals surface area contributed by atoms with Crippen molar-refractivity contribution in [1.29, 1.82) is 0 Å².